The van der Waals surface area contributed by atoms with Gasteiger partial charge in [0.05, 0.1) is 10.0 Å². The highest BCUT2D eigenvalue weighted by molar-refractivity contribution is 7.87. The summed E-state index contributed by atoms with van der Waals surface area (Å²) in [5.74, 6) is -1.36. The van der Waals surface area contributed by atoms with E-state index in [4.69, 9.17) is 23.2 Å². The van der Waals surface area contributed by atoms with Crippen molar-refractivity contribution in [3.8, 4) is 5.75 Å². The van der Waals surface area contributed by atoms with E-state index < -0.39 is 34.0 Å². The van der Waals surface area contributed by atoms with Crippen molar-refractivity contribution in [3.63, 3.8) is 0 Å². The number of halogens is 3. The Morgan fingerprint density at radius 1 is 1.25 bits per heavy atom. The number of amides is 1. The molecule has 0 saturated carbocycles. The van der Waals surface area contributed by atoms with Gasteiger partial charge >= 0.3 is 0 Å². The predicted molar refractivity (Wildman–Crippen MR) is 104 cm³/mol. The van der Waals surface area contributed by atoms with Crippen LogP contribution in [0.4, 0.5) is 10.1 Å². The number of aromatic hydroxyl groups is 1. The lowest BCUT2D eigenvalue weighted by Crippen LogP contribution is -2.55. The topological polar surface area (TPSA) is 98.7 Å². The van der Waals surface area contributed by atoms with Gasteiger partial charge in [0.1, 0.15) is 17.6 Å². The number of carbonyl (C=O) groups excluding carboxylic acids is 1. The van der Waals surface area contributed by atoms with Gasteiger partial charge in [-0.3, -0.25) is 4.79 Å². The van der Waals surface area contributed by atoms with Crippen LogP contribution < -0.4 is 10.0 Å². The summed E-state index contributed by atoms with van der Waals surface area (Å²) < 4.78 is 41.6. The molecule has 1 aliphatic heterocycles. The fourth-order valence-corrected chi connectivity index (χ4v) is 4.51. The van der Waals surface area contributed by atoms with Crippen molar-refractivity contribution in [3.05, 3.63) is 57.8 Å². The molecule has 0 bridgehead atoms. The summed E-state index contributed by atoms with van der Waals surface area (Å²) in [5, 5.41) is 12.0. The molecule has 0 aromatic heterocycles. The molecule has 2 aromatic rings. The first-order valence-corrected chi connectivity index (χ1v) is 10.3. The van der Waals surface area contributed by atoms with Gasteiger partial charge in [-0.1, -0.05) is 29.3 Å². The van der Waals surface area contributed by atoms with Crippen LogP contribution >= 0.6 is 23.2 Å². The standard InChI is InChI=1S/C17H16Cl2FN3O4S/c1-23-15(17(25)21-10-3-4-13(20)11(18)7-10)8-14(22-28(23,26)27)9-2-5-16(24)12(19)6-9/h2-7,14-15,22,24H,8H2,1H3,(H,21,25)/t14-,15+/m0/s1. The summed E-state index contributed by atoms with van der Waals surface area (Å²) >= 11 is 11.6. The van der Waals surface area contributed by atoms with Crippen molar-refractivity contribution in [2.24, 2.45) is 0 Å². The largest absolute Gasteiger partial charge is 0.506 e. The van der Waals surface area contributed by atoms with Gasteiger partial charge in [0, 0.05) is 18.8 Å². The second kappa shape index (κ2) is 7.84. The molecule has 0 spiro atoms. The van der Waals surface area contributed by atoms with Crippen LogP contribution in [0.15, 0.2) is 36.4 Å². The van der Waals surface area contributed by atoms with E-state index in [1.807, 2.05) is 0 Å². The Labute approximate surface area is 171 Å². The van der Waals surface area contributed by atoms with Crippen LogP contribution in [-0.4, -0.2) is 36.8 Å². The van der Waals surface area contributed by atoms with E-state index in [2.05, 4.69) is 10.0 Å². The van der Waals surface area contributed by atoms with Gasteiger partial charge in [0.2, 0.25) is 5.91 Å². The van der Waals surface area contributed by atoms with E-state index in [-0.39, 0.29) is 27.9 Å². The van der Waals surface area contributed by atoms with Gasteiger partial charge in [0.25, 0.3) is 10.2 Å². The molecule has 3 rings (SSSR count). The number of benzene rings is 2. The second-order valence-corrected chi connectivity index (χ2v) is 8.85. The van der Waals surface area contributed by atoms with Crippen LogP contribution in [0.3, 0.4) is 0 Å². The summed E-state index contributed by atoms with van der Waals surface area (Å²) in [6, 6.07) is 6.20. The van der Waals surface area contributed by atoms with E-state index in [0.29, 0.717) is 5.56 Å². The Balaban J connectivity index is 1.86. The molecule has 11 heteroatoms. The number of anilines is 1. The van der Waals surface area contributed by atoms with Crippen molar-refractivity contribution >= 4 is 45.0 Å². The molecular weight excluding hydrogens is 432 g/mol. The number of carbonyl (C=O) groups is 1. The van der Waals surface area contributed by atoms with Crippen LogP contribution in [0, 0.1) is 5.82 Å². The van der Waals surface area contributed by atoms with Gasteiger partial charge in [-0.15, -0.1) is 0 Å². The van der Waals surface area contributed by atoms with Crippen LogP contribution in [0.25, 0.3) is 0 Å². The third-order valence-electron chi connectivity index (χ3n) is 4.43. The molecule has 2 atom stereocenters. The van der Waals surface area contributed by atoms with Crippen molar-refractivity contribution < 1.29 is 22.7 Å². The summed E-state index contributed by atoms with van der Waals surface area (Å²) in [5.41, 5.74) is 0.743. The fourth-order valence-electron chi connectivity index (χ4n) is 2.87. The maximum absolute atomic E-state index is 13.3. The van der Waals surface area contributed by atoms with Crippen LogP contribution in [-0.2, 0) is 15.0 Å². The van der Waals surface area contributed by atoms with Gasteiger partial charge in [0.15, 0.2) is 0 Å². The maximum atomic E-state index is 13.3. The monoisotopic (exact) mass is 447 g/mol. The molecular formula is C17H16Cl2FN3O4S. The summed E-state index contributed by atoms with van der Waals surface area (Å²) in [7, 11) is -2.67. The first-order chi connectivity index (χ1) is 13.1. The average molecular weight is 448 g/mol. The molecule has 0 radical (unpaired) electrons. The molecule has 1 heterocycles. The van der Waals surface area contributed by atoms with E-state index in [1.54, 1.807) is 0 Å². The number of phenolic OH excluding ortho intramolecular Hbond substituents is 1. The van der Waals surface area contributed by atoms with Crippen molar-refractivity contribution in [2.45, 2.75) is 18.5 Å². The number of phenols is 1. The van der Waals surface area contributed by atoms with Crippen molar-refractivity contribution in [1.29, 1.82) is 0 Å². The molecule has 0 aliphatic carbocycles. The predicted octanol–water partition coefficient (Wildman–Crippen LogP) is 3.06. The van der Waals surface area contributed by atoms with E-state index in [0.717, 1.165) is 10.4 Å². The second-order valence-electron chi connectivity index (χ2n) is 6.27. The third kappa shape index (κ3) is 4.23. The zero-order valence-corrected chi connectivity index (χ0v) is 16.8. The quantitative estimate of drug-likeness (QED) is 0.672. The summed E-state index contributed by atoms with van der Waals surface area (Å²) in [6.45, 7) is 0. The zero-order valence-electron chi connectivity index (χ0n) is 14.5. The lowest BCUT2D eigenvalue weighted by Gasteiger charge is -2.36. The lowest BCUT2D eigenvalue weighted by molar-refractivity contribution is -0.120. The first kappa shape index (κ1) is 20.8. The number of hydrogen-bond donors (Lipinski definition) is 3. The highest BCUT2D eigenvalue weighted by Gasteiger charge is 2.40. The van der Waals surface area contributed by atoms with E-state index in [9.17, 15) is 22.7 Å². The maximum Gasteiger partial charge on any atom is 0.280 e. The van der Waals surface area contributed by atoms with Gasteiger partial charge in [-0.2, -0.15) is 17.4 Å². The molecule has 0 unspecified atom stereocenters. The van der Waals surface area contributed by atoms with Gasteiger partial charge in [-0.05, 0) is 42.3 Å². The minimum atomic E-state index is -3.95. The molecule has 1 aliphatic rings. The number of hydrogen-bond acceptors (Lipinski definition) is 4. The molecule has 2 aromatic carbocycles. The van der Waals surface area contributed by atoms with Crippen molar-refractivity contribution in [2.75, 3.05) is 12.4 Å². The molecule has 7 nitrogen and oxygen atoms in total. The smallest absolute Gasteiger partial charge is 0.280 e. The number of nitrogens with zero attached hydrogens (tertiary/aromatic N) is 1. The number of rotatable bonds is 3. The normalized spacial score (nSPS) is 22.0. The van der Waals surface area contributed by atoms with Crippen LogP contribution in [0.1, 0.15) is 18.0 Å². The first-order valence-electron chi connectivity index (χ1n) is 8.08. The Kier molecular flexibility index (Phi) is 5.83. The minimum absolute atomic E-state index is 0.0672. The average Bonchev–Trinajstić information content (AvgIpc) is 2.62. The highest BCUT2D eigenvalue weighted by Crippen LogP contribution is 2.32. The Bertz CT molecular complexity index is 1040. The number of likely N-dealkylation sites (N-methyl/N-ethyl adjacent to an activating group) is 1. The fraction of sp³-hybridized carbons (Fsp3) is 0.235. The van der Waals surface area contributed by atoms with Crippen molar-refractivity contribution in [1.82, 2.24) is 9.03 Å². The highest BCUT2D eigenvalue weighted by atomic mass is 35.5. The Hall–Kier alpha value is -1.91. The lowest BCUT2D eigenvalue weighted by atomic mass is 9.99. The van der Waals surface area contributed by atoms with E-state index >= 15 is 0 Å². The van der Waals surface area contributed by atoms with E-state index in [1.165, 1.54) is 37.4 Å². The SMILES string of the molecule is CN1[C@@H](C(=O)Nc2ccc(F)c(Cl)c2)C[C@@H](c2ccc(O)c(Cl)c2)NS1(=O)=O. The molecule has 28 heavy (non-hydrogen) atoms. The Morgan fingerprint density at radius 3 is 2.61 bits per heavy atom. The third-order valence-corrected chi connectivity index (χ3v) is 6.62. The Morgan fingerprint density at radius 2 is 1.96 bits per heavy atom. The van der Waals surface area contributed by atoms with Gasteiger partial charge in [-0.25, -0.2) is 4.39 Å². The van der Waals surface area contributed by atoms with Crippen LogP contribution in [0.5, 0.6) is 5.75 Å². The van der Waals surface area contributed by atoms with Gasteiger partial charge < -0.3 is 10.4 Å². The van der Waals surface area contributed by atoms with Crippen LogP contribution in [0.2, 0.25) is 10.0 Å². The molecule has 1 fully saturated rings. The molecule has 150 valence electrons. The summed E-state index contributed by atoms with van der Waals surface area (Å²) in [6.07, 6.45) is 0.109. The summed E-state index contributed by atoms with van der Waals surface area (Å²) in [4.78, 5) is 12.7. The number of nitrogens with one attached hydrogen (secondary N) is 2. The zero-order chi connectivity index (χ0) is 20.6. The molecule has 1 saturated heterocycles. The molecule has 1 amide bonds. The molecule has 3 N–H and O–H groups in total. The minimum Gasteiger partial charge on any atom is -0.506 e.